The Kier molecular flexibility index (Phi) is 7.71. The Morgan fingerprint density at radius 2 is 1.81 bits per heavy atom. The van der Waals surface area contributed by atoms with Gasteiger partial charge in [0.15, 0.2) is 11.3 Å². The zero-order chi connectivity index (χ0) is 26.7. The number of halogens is 6. The third-order valence-electron chi connectivity index (χ3n) is 5.18. The van der Waals surface area contributed by atoms with E-state index >= 15 is 0 Å². The van der Waals surface area contributed by atoms with Gasteiger partial charge in [-0.1, -0.05) is 12.8 Å². The molecule has 1 saturated carbocycles. The molecule has 1 fully saturated rings. The van der Waals surface area contributed by atoms with Crippen LogP contribution in [-0.2, 0) is 11.0 Å². The molecule has 4 rings (SSSR count). The van der Waals surface area contributed by atoms with E-state index in [1.54, 1.807) is 12.3 Å². The van der Waals surface area contributed by atoms with Gasteiger partial charge in [-0.2, -0.15) is 36.5 Å². The van der Waals surface area contributed by atoms with Gasteiger partial charge >= 0.3 is 18.3 Å². The number of rotatable bonds is 4. The summed E-state index contributed by atoms with van der Waals surface area (Å²) in [6.07, 6.45) is -1.98. The summed E-state index contributed by atoms with van der Waals surface area (Å²) in [6.45, 7) is 0. The number of hydrogen-bond acceptors (Lipinski definition) is 7. The average molecular weight is 522 g/mol. The average Bonchev–Trinajstić information content (AvgIpc) is 3.42. The number of amides is 1. The second kappa shape index (κ2) is 10.4. The van der Waals surface area contributed by atoms with Crippen LogP contribution in [0.25, 0.3) is 5.65 Å². The van der Waals surface area contributed by atoms with E-state index in [2.05, 4.69) is 25.8 Å². The quantitative estimate of drug-likeness (QED) is 0.327. The highest BCUT2D eigenvalue weighted by molar-refractivity contribution is 6.08. The van der Waals surface area contributed by atoms with Gasteiger partial charge in [-0.3, -0.25) is 9.89 Å². The minimum absolute atomic E-state index is 0.0105. The van der Waals surface area contributed by atoms with E-state index in [9.17, 15) is 31.1 Å². The largest absolute Gasteiger partial charge is 0.490 e. The number of carboxylic acids is 1. The molecule has 0 unspecified atom stereocenters. The predicted molar refractivity (Wildman–Crippen MR) is 112 cm³/mol. The molecule has 36 heavy (non-hydrogen) atoms. The fourth-order valence-corrected chi connectivity index (χ4v) is 3.42. The van der Waals surface area contributed by atoms with Crippen LogP contribution in [0.3, 0.4) is 0 Å². The van der Waals surface area contributed by atoms with Crippen molar-refractivity contribution in [3.8, 4) is 0 Å². The van der Waals surface area contributed by atoms with E-state index < -0.39 is 35.6 Å². The Labute approximate surface area is 198 Å². The number of carboxylic acid groups (broad SMARTS) is 1. The van der Waals surface area contributed by atoms with E-state index in [1.807, 2.05) is 5.10 Å². The molecule has 3 heterocycles. The van der Waals surface area contributed by atoms with Gasteiger partial charge in [0.2, 0.25) is 0 Å². The molecule has 2 atom stereocenters. The second-order valence-electron chi connectivity index (χ2n) is 7.75. The molecule has 1 amide bonds. The SMILES string of the molecule is N[C@H]1CCCC[C@H]1Nc1ccn2ncc(C(=O)Nc3cn[nH]c3C(F)(F)F)c2n1.O=C(O)C(F)(F)F. The topological polar surface area (TPSA) is 163 Å². The zero-order valence-electron chi connectivity index (χ0n) is 18.2. The van der Waals surface area contributed by atoms with Crippen LogP contribution in [0.2, 0.25) is 0 Å². The first kappa shape index (κ1) is 26.7. The van der Waals surface area contributed by atoms with E-state index in [4.69, 9.17) is 15.6 Å². The number of hydrogen-bond donors (Lipinski definition) is 5. The fourth-order valence-electron chi connectivity index (χ4n) is 3.42. The number of alkyl halides is 6. The molecule has 6 N–H and O–H groups in total. The lowest BCUT2D eigenvalue weighted by molar-refractivity contribution is -0.192. The minimum atomic E-state index is -5.08. The lowest BCUT2D eigenvalue weighted by Gasteiger charge is -2.29. The Morgan fingerprint density at radius 3 is 2.42 bits per heavy atom. The molecule has 3 aromatic heterocycles. The van der Waals surface area contributed by atoms with Crippen LogP contribution in [0.15, 0.2) is 24.7 Å². The van der Waals surface area contributed by atoms with Crippen LogP contribution < -0.4 is 16.4 Å². The summed E-state index contributed by atoms with van der Waals surface area (Å²) in [5.74, 6) is -3.01. The van der Waals surface area contributed by atoms with Crippen molar-refractivity contribution >= 4 is 29.0 Å². The third kappa shape index (κ3) is 6.41. The van der Waals surface area contributed by atoms with E-state index in [0.29, 0.717) is 5.82 Å². The maximum atomic E-state index is 13.0. The van der Waals surface area contributed by atoms with Crippen LogP contribution in [0.1, 0.15) is 41.7 Å². The Bertz CT molecular complexity index is 1220. The zero-order valence-corrected chi connectivity index (χ0v) is 18.2. The van der Waals surface area contributed by atoms with Gasteiger partial charge in [-0.05, 0) is 18.9 Å². The van der Waals surface area contributed by atoms with Gasteiger partial charge in [0.05, 0.1) is 18.1 Å². The number of H-pyrrole nitrogens is 1. The van der Waals surface area contributed by atoms with Crippen LogP contribution in [0.5, 0.6) is 0 Å². The highest BCUT2D eigenvalue weighted by Crippen LogP contribution is 2.33. The van der Waals surface area contributed by atoms with Gasteiger partial charge in [0.1, 0.15) is 11.4 Å². The van der Waals surface area contributed by atoms with Crippen molar-refractivity contribution in [3.05, 3.63) is 35.9 Å². The Balaban J connectivity index is 0.000000454. The molecule has 0 aromatic carbocycles. The third-order valence-corrected chi connectivity index (χ3v) is 5.18. The lowest BCUT2D eigenvalue weighted by Crippen LogP contribution is -2.42. The second-order valence-corrected chi connectivity index (χ2v) is 7.75. The van der Waals surface area contributed by atoms with Gasteiger partial charge in [-0.25, -0.2) is 14.3 Å². The first-order valence-electron chi connectivity index (χ1n) is 10.4. The van der Waals surface area contributed by atoms with Crippen molar-refractivity contribution in [2.75, 3.05) is 10.6 Å². The molecule has 0 spiro atoms. The Hall–Kier alpha value is -3.89. The highest BCUT2D eigenvalue weighted by Gasteiger charge is 2.38. The smallest absolute Gasteiger partial charge is 0.475 e. The number of aromatic amines is 1. The van der Waals surface area contributed by atoms with Gasteiger partial charge in [-0.15, -0.1) is 0 Å². The first-order chi connectivity index (χ1) is 16.8. The van der Waals surface area contributed by atoms with Crippen LogP contribution in [-0.4, -0.2) is 60.0 Å². The van der Waals surface area contributed by atoms with Crippen molar-refractivity contribution < 1.29 is 41.0 Å². The minimum Gasteiger partial charge on any atom is -0.475 e. The van der Waals surface area contributed by atoms with Crippen LogP contribution in [0, 0.1) is 0 Å². The summed E-state index contributed by atoms with van der Waals surface area (Å²) in [6, 6.07) is 1.79. The summed E-state index contributed by atoms with van der Waals surface area (Å²) in [5.41, 5.74) is 4.80. The normalized spacial score (nSPS) is 18.3. The van der Waals surface area contributed by atoms with Gasteiger partial charge < -0.3 is 21.5 Å². The summed E-state index contributed by atoms with van der Waals surface area (Å²) < 4.78 is 72.0. The molecule has 1 aliphatic rings. The number of fused-ring (bicyclic) bond motifs is 1. The monoisotopic (exact) mass is 522 g/mol. The summed E-state index contributed by atoms with van der Waals surface area (Å²) in [7, 11) is 0. The molecule has 196 valence electrons. The highest BCUT2D eigenvalue weighted by atomic mass is 19.4. The van der Waals surface area contributed by atoms with Crippen LogP contribution in [0.4, 0.5) is 37.8 Å². The number of carbonyl (C=O) groups is 2. The lowest BCUT2D eigenvalue weighted by atomic mass is 9.91. The van der Waals surface area contributed by atoms with E-state index in [0.717, 1.165) is 31.9 Å². The Morgan fingerprint density at radius 1 is 1.14 bits per heavy atom. The molecular weight excluding hydrogens is 502 g/mol. The summed E-state index contributed by atoms with van der Waals surface area (Å²) in [4.78, 5) is 25.9. The molecule has 11 nitrogen and oxygen atoms in total. The number of carbonyl (C=O) groups excluding carboxylic acids is 1. The number of nitrogens with zero attached hydrogens (tertiary/aromatic N) is 4. The maximum Gasteiger partial charge on any atom is 0.490 e. The van der Waals surface area contributed by atoms with E-state index in [1.165, 1.54) is 10.7 Å². The number of nitrogens with two attached hydrogens (primary N) is 1. The van der Waals surface area contributed by atoms with Crippen molar-refractivity contribution in [2.45, 2.75) is 50.1 Å². The molecule has 0 saturated heterocycles. The number of aliphatic carboxylic acids is 1. The molecule has 0 bridgehead atoms. The standard InChI is InChI=1S/C17H19F3N8O.C2HF3O2/c18-17(19,20)14-12(8-22-27-14)25-16(29)9-7-23-28-6-5-13(26-15(9)28)24-11-4-2-1-3-10(11)21;3-2(4,5)1(6)7/h5-8,10-11H,1-4,21H2,(H,22,27)(H,24,26)(H,25,29);(H,6,7)/t10-,11+;/m0./s1. The summed E-state index contributed by atoms with van der Waals surface area (Å²) in [5, 5.41) is 21.9. The van der Waals surface area contributed by atoms with Crippen molar-refractivity contribution in [1.82, 2.24) is 24.8 Å². The van der Waals surface area contributed by atoms with Crippen molar-refractivity contribution in [3.63, 3.8) is 0 Å². The van der Waals surface area contributed by atoms with E-state index in [-0.39, 0.29) is 23.3 Å². The molecule has 1 aliphatic carbocycles. The fraction of sp³-hybridized carbons (Fsp3) is 0.421. The molecule has 0 aliphatic heterocycles. The molecular formula is C19H20F6N8O3. The maximum absolute atomic E-state index is 13.0. The van der Waals surface area contributed by atoms with Crippen LogP contribution >= 0.6 is 0 Å². The van der Waals surface area contributed by atoms with Gasteiger partial charge in [0, 0.05) is 18.3 Å². The predicted octanol–water partition coefficient (Wildman–Crippen LogP) is 3.04. The molecule has 17 heteroatoms. The first-order valence-corrected chi connectivity index (χ1v) is 10.4. The number of anilines is 2. The van der Waals surface area contributed by atoms with Crippen molar-refractivity contribution in [2.24, 2.45) is 5.73 Å². The van der Waals surface area contributed by atoms with Gasteiger partial charge in [0.25, 0.3) is 5.91 Å². The number of nitrogens with one attached hydrogen (secondary N) is 3. The van der Waals surface area contributed by atoms with Crippen molar-refractivity contribution in [1.29, 1.82) is 0 Å². The molecule has 3 aromatic rings. The molecule has 0 radical (unpaired) electrons. The summed E-state index contributed by atoms with van der Waals surface area (Å²) >= 11 is 0. The number of aromatic nitrogens is 5.